The number of benzene rings is 1. The number of aromatic amines is 1. The molecule has 2 aromatic rings. The summed E-state index contributed by atoms with van der Waals surface area (Å²) in [4.78, 5) is 19.4. The number of nitrogens with one attached hydrogen (secondary N) is 1. The van der Waals surface area contributed by atoms with Gasteiger partial charge < -0.3 is 9.72 Å². The number of aromatic nitrogens is 2. The Hall–Kier alpha value is -1.65. The Morgan fingerprint density at radius 2 is 1.95 bits per heavy atom. The van der Waals surface area contributed by atoms with Crippen LogP contribution in [-0.4, -0.2) is 23.2 Å². The molecule has 0 spiro atoms. The molecule has 5 heteroatoms. The first-order valence-electron chi connectivity index (χ1n) is 7.04. The largest absolute Gasteiger partial charge is 0.381 e. The van der Waals surface area contributed by atoms with Crippen molar-refractivity contribution in [1.82, 2.24) is 9.97 Å². The highest BCUT2D eigenvalue weighted by molar-refractivity contribution is 6.16. The van der Waals surface area contributed by atoms with Crippen LogP contribution in [0, 0.1) is 0 Å². The lowest BCUT2D eigenvalue weighted by Gasteiger charge is -2.36. The van der Waals surface area contributed by atoms with Gasteiger partial charge in [-0.15, -0.1) is 11.6 Å². The van der Waals surface area contributed by atoms with Crippen molar-refractivity contribution in [1.29, 1.82) is 0 Å². The fraction of sp³-hybridized carbons (Fsp3) is 0.375. The van der Waals surface area contributed by atoms with E-state index in [-0.39, 0.29) is 16.9 Å². The van der Waals surface area contributed by atoms with E-state index in [4.69, 9.17) is 16.3 Å². The smallest absolute Gasteiger partial charge is 0.251 e. The highest BCUT2D eigenvalue weighted by atomic mass is 35.5. The van der Waals surface area contributed by atoms with E-state index in [9.17, 15) is 4.79 Å². The Labute approximate surface area is 128 Å². The van der Waals surface area contributed by atoms with Gasteiger partial charge in [-0.1, -0.05) is 30.3 Å². The number of halogens is 1. The minimum atomic E-state index is -0.305. The van der Waals surface area contributed by atoms with Crippen molar-refractivity contribution in [2.75, 3.05) is 13.2 Å². The first-order valence-corrected chi connectivity index (χ1v) is 7.58. The summed E-state index contributed by atoms with van der Waals surface area (Å²) in [6.45, 7) is 1.31. The molecule has 1 N–H and O–H groups in total. The van der Waals surface area contributed by atoms with E-state index in [2.05, 4.69) is 22.1 Å². The quantitative estimate of drug-likeness (QED) is 0.887. The van der Waals surface area contributed by atoms with Crippen molar-refractivity contribution in [2.24, 2.45) is 0 Å². The molecular weight excluding hydrogens is 288 g/mol. The molecule has 0 radical (unpaired) electrons. The number of alkyl halides is 1. The lowest BCUT2D eigenvalue weighted by Crippen LogP contribution is -2.38. The topological polar surface area (TPSA) is 55.0 Å². The first-order chi connectivity index (χ1) is 10.2. The van der Waals surface area contributed by atoms with Gasteiger partial charge in [-0.2, -0.15) is 0 Å². The maximum absolute atomic E-state index is 11.9. The van der Waals surface area contributed by atoms with E-state index < -0.39 is 0 Å². The normalized spacial score (nSPS) is 17.6. The Kier molecular flexibility index (Phi) is 4.08. The second kappa shape index (κ2) is 6.00. The van der Waals surface area contributed by atoms with Crippen molar-refractivity contribution in [3.8, 4) is 0 Å². The summed E-state index contributed by atoms with van der Waals surface area (Å²) in [5, 5.41) is 0. The molecule has 0 amide bonds. The van der Waals surface area contributed by atoms with Gasteiger partial charge >= 0.3 is 0 Å². The molecule has 0 atom stereocenters. The van der Waals surface area contributed by atoms with Crippen LogP contribution in [0.2, 0.25) is 0 Å². The zero-order valence-electron chi connectivity index (χ0n) is 11.6. The Balaban J connectivity index is 2.16. The van der Waals surface area contributed by atoms with Gasteiger partial charge in [0.15, 0.2) is 0 Å². The van der Waals surface area contributed by atoms with E-state index in [0.717, 1.165) is 18.4 Å². The van der Waals surface area contributed by atoms with Crippen LogP contribution in [0.1, 0.15) is 29.9 Å². The van der Waals surface area contributed by atoms with Gasteiger partial charge in [-0.3, -0.25) is 4.79 Å². The van der Waals surface area contributed by atoms with Crippen LogP contribution < -0.4 is 5.56 Å². The van der Waals surface area contributed by atoms with Crippen LogP contribution in [0.25, 0.3) is 0 Å². The maximum Gasteiger partial charge on any atom is 0.251 e. The van der Waals surface area contributed by atoms with Crippen molar-refractivity contribution < 1.29 is 4.74 Å². The number of hydrogen-bond acceptors (Lipinski definition) is 3. The van der Waals surface area contributed by atoms with Crippen LogP contribution in [0.15, 0.2) is 41.2 Å². The fourth-order valence-corrected chi connectivity index (χ4v) is 3.08. The van der Waals surface area contributed by atoms with Crippen LogP contribution in [0.3, 0.4) is 0 Å². The summed E-state index contributed by atoms with van der Waals surface area (Å²) in [7, 11) is 0. The first kappa shape index (κ1) is 14.3. The fourth-order valence-electron chi connectivity index (χ4n) is 2.94. The minimum absolute atomic E-state index is 0.155. The van der Waals surface area contributed by atoms with E-state index >= 15 is 0 Å². The van der Waals surface area contributed by atoms with E-state index in [1.54, 1.807) is 0 Å². The van der Waals surface area contributed by atoms with Gasteiger partial charge in [0, 0.05) is 19.3 Å². The molecule has 0 saturated carbocycles. The summed E-state index contributed by atoms with van der Waals surface area (Å²) < 4.78 is 5.51. The molecule has 1 fully saturated rings. The minimum Gasteiger partial charge on any atom is -0.381 e. The van der Waals surface area contributed by atoms with Crippen LogP contribution in [0.5, 0.6) is 0 Å². The van der Waals surface area contributed by atoms with Crippen LogP contribution >= 0.6 is 11.6 Å². The summed E-state index contributed by atoms with van der Waals surface area (Å²) in [5.41, 5.74) is 1.30. The predicted molar refractivity (Wildman–Crippen MR) is 81.7 cm³/mol. The predicted octanol–water partition coefficient (Wildman–Crippen LogP) is 2.61. The summed E-state index contributed by atoms with van der Waals surface area (Å²) in [6, 6.07) is 11.6. The molecule has 4 nitrogen and oxygen atoms in total. The Morgan fingerprint density at radius 3 is 2.62 bits per heavy atom. The second-order valence-electron chi connectivity index (χ2n) is 5.28. The molecule has 1 aliphatic heterocycles. The van der Waals surface area contributed by atoms with E-state index in [1.165, 1.54) is 6.07 Å². The number of ether oxygens (including phenoxy) is 1. The monoisotopic (exact) mass is 304 g/mol. The third-order valence-corrected chi connectivity index (χ3v) is 4.33. The average molecular weight is 305 g/mol. The van der Waals surface area contributed by atoms with E-state index in [0.29, 0.717) is 24.7 Å². The van der Waals surface area contributed by atoms with Crippen molar-refractivity contribution in [3.05, 3.63) is 63.8 Å². The molecule has 110 valence electrons. The zero-order valence-corrected chi connectivity index (χ0v) is 12.4. The highest BCUT2D eigenvalue weighted by Crippen LogP contribution is 2.39. The SMILES string of the molecule is O=c1cc(CCl)nc(C2(c3ccccc3)CCOCC2)[nH]1. The summed E-state index contributed by atoms with van der Waals surface area (Å²) in [5.74, 6) is 0.929. The lowest BCUT2D eigenvalue weighted by molar-refractivity contribution is 0.0603. The third kappa shape index (κ3) is 2.74. The second-order valence-corrected chi connectivity index (χ2v) is 5.55. The van der Waals surface area contributed by atoms with Crippen LogP contribution in [0.4, 0.5) is 0 Å². The molecule has 1 aromatic heterocycles. The molecule has 0 bridgehead atoms. The zero-order chi connectivity index (χ0) is 14.7. The van der Waals surface area contributed by atoms with Crippen molar-refractivity contribution in [2.45, 2.75) is 24.1 Å². The molecule has 1 aromatic carbocycles. The number of H-pyrrole nitrogens is 1. The Morgan fingerprint density at radius 1 is 1.24 bits per heavy atom. The molecule has 0 unspecified atom stereocenters. The molecule has 21 heavy (non-hydrogen) atoms. The number of hydrogen-bond donors (Lipinski definition) is 1. The standard InChI is InChI=1S/C16H17ClN2O2/c17-11-13-10-14(20)19-15(18-13)16(6-8-21-9-7-16)12-4-2-1-3-5-12/h1-5,10H,6-9,11H2,(H,18,19,20). The summed E-state index contributed by atoms with van der Waals surface area (Å²) in [6.07, 6.45) is 1.59. The van der Waals surface area contributed by atoms with Gasteiger partial charge in [0.2, 0.25) is 0 Å². The Bertz CT molecular complexity index is 663. The van der Waals surface area contributed by atoms with Gasteiger partial charge in [-0.05, 0) is 18.4 Å². The van der Waals surface area contributed by atoms with Crippen molar-refractivity contribution >= 4 is 11.6 Å². The maximum atomic E-state index is 11.9. The molecule has 1 aliphatic rings. The number of rotatable bonds is 3. The van der Waals surface area contributed by atoms with Crippen LogP contribution in [-0.2, 0) is 16.0 Å². The molecule has 1 saturated heterocycles. The highest BCUT2D eigenvalue weighted by Gasteiger charge is 2.38. The third-order valence-electron chi connectivity index (χ3n) is 4.06. The van der Waals surface area contributed by atoms with Gasteiger partial charge in [0.1, 0.15) is 5.82 Å². The number of nitrogens with zero attached hydrogens (tertiary/aromatic N) is 1. The van der Waals surface area contributed by atoms with Gasteiger partial charge in [0.05, 0.1) is 17.0 Å². The molecule has 0 aliphatic carbocycles. The van der Waals surface area contributed by atoms with Crippen molar-refractivity contribution in [3.63, 3.8) is 0 Å². The molecular formula is C16H17ClN2O2. The van der Waals surface area contributed by atoms with E-state index in [1.807, 2.05) is 18.2 Å². The molecule has 3 rings (SSSR count). The lowest BCUT2D eigenvalue weighted by atomic mass is 9.73. The average Bonchev–Trinajstić information content (AvgIpc) is 2.55. The molecule has 2 heterocycles. The summed E-state index contributed by atoms with van der Waals surface area (Å²) >= 11 is 5.86. The van der Waals surface area contributed by atoms with Gasteiger partial charge in [-0.25, -0.2) is 4.98 Å². The van der Waals surface area contributed by atoms with Gasteiger partial charge in [0.25, 0.3) is 5.56 Å².